The molecule has 1 aromatic heterocycles. The van der Waals surface area contributed by atoms with E-state index in [2.05, 4.69) is 16.9 Å². The minimum atomic E-state index is -0.0543. The molecule has 0 bridgehead atoms. The van der Waals surface area contributed by atoms with Crippen molar-refractivity contribution in [2.24, 2.45) is 17.6 Å². The van der Waals surface area contributed by atoms with Crippen LogP contribution in [0, 0.1) is 11.8 Å². The number of ether oxygens (including phenoxy) is 1. The third kappa shape index (κ3) is 2.75. The molecule has 1 saturated carbocycles. The average molecular weight is 235 g/mol. The number of aromatic nitrogens is 2. The van der Waals surface area contributed by atoms with Gasteiger partial charge in [0.15, 0.2) is 0 Å². The first kappa shape index (κ1) is 12.3. The fraction of sp³-hybridized carbons (Fsp3) is 0.692. The third-order valence-electron chi connectivity index (χ3n) is 3.69. The van der Waals surface area contributed by atoms with E-state index in [0.717, 1.165) is 11.6 Å². The van der Waals surface area contributed by atoms with E-state index in [-0.39, 0.29) is 6.04 Å². The maximum absolute atomic E-state index is 6.33. The molecule has 1 aliphatic carbocycles. The molecule has 3 unspecified atom stereocenters. The molecule has 3 atom stereocenters. The molecule has 17 heavy (non-hydrogen) atoms. The van der Waals surface area contributed by atoms with Crippen molar-refractivity contribution in [2.75, 3.05) is 7.11 Å². The molecule has 94 valence electrons. The van der Waals surface area contributed by atoms with Gasteiger partial charge >= 0.3 is 0 Å². The van der Waals surface area contributed by atoms with Gasteiger partial charge in [-0.05, 0) is 24.7 Å². The highest BCUT2D eigenvalue weighted by Crippen LogP contribution is 2.36. The van der Waals surface area contributed by atoms with Gasteiger partial charge in [-0.2, -0.15) is 0 Å². The quantitative estimate of drug-likeness (QED) is 0.873. The third-order valence-corrected chi connectivity index (χ3v) is 3.69. The molecule has 0 aliphatic heterocycles. The molecule has 1 fully saturated rings. The molecule has 0 radical (unpaired) electrons. The zero-order valence-electron chi connectivity index (χ0n) is 10.6. The van der Waals surface area contributed by atoms with Crippen LogP contribution in [0.3, 0.4) is 0 Å². The summed E-state index contributed by atoms with van der Waals surface area (Å²) in [5, 5.41) is 0. The molecule has 4 heteroatoms. The van der Waals surface area contributed by atoms with E-state index in [1.807, 2.05) is 0 Å². The smallest absolute Gasteiger partial charge is 0.236 e. The highest BCUT2D eigenvalue weighted by Gasteiger charge is 2.28. The number of methoxy groups -OCH3 is 1. The van der Waals surface area contributed by atoms with Crippen molar-refractivity contribution in [1.29, 1.82) is 0 Å². The molecule has 0 spiro atoms. The fourth-order valence-corrected chi connectivity index (χ4v) is 2.75. The van der Waals surface area contributed by atoms with Crippen molar-refractivity contribution in [2.45, 2.75) is 38.6 Å². The van der Waals surface area contributed by atoms with Gasteiger partial charge < -0.3 is 10.5 Å². The van der Waals surface area contributed by atoms with Gasteiger partial charge in [-0.3, -0.25) is 4.98 Å². The van der Waals surface area contributed by atoms with E-state index in [0.29, 0.717) is 11.8 Å². The highest BCUT2D eigenvalue weighted by molar-refractivity contribution is 5.21. The molecule has 1 aromatic rings. The van der Waals surface area contributed by atoms with E-state index in [4.69, 9.17) is 10.5 Å². The van der Waals surface area contributed by atoms with Crippen molar-refractivity contribution in [3.63, 3.8) is 0 Å². The summed E-state index contributed by atoms with van der Waals surface area (Å²) in [5.74, 6) is 1.84. The van der Waals surface area contributed by atoms with E-state index in [9.17, 15) is 0 Å². The van der Waals surface area contributed by atoms with Crippen LogP contribution in [0.2, 0.25) is 0 Å². The predicted octanol–water partition coefficient (Wildman–Crippen LogP) is 2.31. The molecule has 2 rings (SSSR count). The lowest BCUT2D eigenvalue weighted by atomic mass is 9.78. The minimum Gasteiger partial charge on any atom is -0.480 e. The van der Waals surface area contributed by atoms with Crippen molar-refractivity contribution in [3.8, 4) is 5.88 Å². The van der Waals surface area contributed by atoms with Crippen LogP contribution in [-0.4, -0.2) is 17.1 Å². The number of hydrogen-bond donors (Lipinski definition) is 1. The summed E-state index contributed by atoms with van der Waals surface area (Å²) in [4.78, 5) is 8.50. The topological polar surface area (TPSA) is 61.0 Å². The van der Waals surface area contributed by atoms with Crippen molar-refractivity contribution < 1.29 is 4.74 Å². The van der Waals surface area contributed by atoms with Crippen LogP contribution in [0.15, 0.2) is 12.4 Å². The number of nitrogens with zero attached hydrogens (tertiary/aromatic N) is 2. The Hall–Kier alpha value is -1.16. The van der Waals surface area contributed by atoms with E-state index in [1.165, 1.54) is 25.7 Å². The molecule has 0 saturated heterocycles. The zero-order chi connectivity index (χ0) is 12.3. The van der Waals surface area contributed by atoms with Gasteiger partial charge in [0, 0.05) is 12.4 Å². The lowest BCUT2D eigenvalue weighted by Crippen LogP contribution is -2.27. The maximum atomic E-state index is 6.33. The monoisotopic (exact) mass is 235 g/mol. The molecule has 0 aromatic carbocycles. The van der Waals surface area contributed by atoms with Crippen LogP contribution >= 0.6 is 0 Å². The first-order valence-corrected chi connectivity index (χ1v) is 6.33. The van der Waals surface area contributed by atoms with Gasteiger partial charge in [0.25, 0.3) is 0 Å². The number of nitrogens with two attached hydrogens (primary N) is 1. The van der Waals surface area contributed by atoms with E-state index < -0.39 is 0 Å². The normalized spacial score (nSPS) is 26.5. The van der Waals surface area contributed by atoms with Gasteiger partial charge in [-0.1, -0.05) is 19.8 Å². The van der Waals surface area contributed by atoms with Gasteiger partial charge in [-0.15, -0.1) is 0 Å². The standard InChI is InChI=1S/C13H21N3O/c1-9-4-3-5-10(8-9)11(14)12-13(17-2)16-7-6-15-12/h6-7,9-11H,3-5,8,14H2,1-2H3. The predicted molar refractivity (Wildman–Crippen MR) is 66.6 cm³/mol. The summed E-state index contributed by atoms with van der Waals surface area (Å²) in [6, 6.07) is -0.0543. The van der Waals surface area contributed by atoms with Gasteiger partial charge in [-0.25, -0.2) is 4.98 Å². The molecule has 0 amide bonds. The van der Waals surface area contributed by atoms with Gasteiger partial charge in [0.05, 0.1) is 13.2 Å². The van der Waals surface area contributed by atoms with Gasteiger partial charge in [0.1, 0.15) is 5.69 Å². The lowest BCUT2D eigenvalue weighted by molar-refractivity contribution is 0.241. The molecule has 1 aliphatic rings. The lowest BCUT2D eigenvalue weighted by Gasteiger charge is -2.31. The Kier molecular flexibility index (Phi) is 3.94. The van der Waals surface area contributed by atoms with E-state index >= 15 is 0 Å². The first-order valence-electron chi connectivity index (χ1n) is 6.33. The van der Waals surface area contributed by atoms with Crippen LogP contribution in [-0.2, 0) is 0 Å². The summed E-state index contributed by atoms with van der Waals surface area (Å²) < 4.78 is 5.23. The maximum Gasteiger partial charge on any atom is 0.236 e. The largest absolute Gasteiger partial charge is 0.480 e. The summed E-state index contributed by atoms with van der Waals surface area (Å²) in [7, 11) is 1.61. The van der Waals surface area contributed by atoms with Crippen molar-refractivity contribution in [1.82, 2.24) is 9.97 Å². The number of rotatable bonds is 3. The van der Waals surface area contributed by atoms with Gasteiger partial charge in [0.2, 0.25) is 5.88 Å². The molecule has 4 nitrogen and oxygen atoms in total. The summed E-state index contributed by atoms with van der Waals surface area (Å²) in [5.41, 5.74) is 7.13. The van der Waals surface area contributed by atoms with Crippen LogP contribution in [0.5, 0.6) is 5.88 Å². The second kappa shape index (κ2) is 5.45. The van der Waals surface area contributed by atoms with Crippen LogP contribution < -0.4 is 10.5 Å². The van der Waals surface area contributed by atoms with Crippen molar-refractivity contribution >= 4 is 0 Å². The highest BCUT2D eigenvalue weighted by atomic mass is 16.5. The average Bonchev–Trinajstić information content (AvgIpc) is 2.38. The number of hydrogen-bond acceptors (Lipinski definition) is 4. The first-order chi connectivity index (χ1) is 8.22. The minimum absolute atomic E-state index is 0.0543. The Bertz CT molecular complexity index is 369. The van der Waals surface area contributed by atoms with Crippen LogP contribution in [0.25, 0.3) is 0 Å². The second-order valence-electron chi connectivity index (χ2n) is 5.01. The summed E-state index contributed by atoms with van der Waals surface area (Å²) in [6.07, 6.45) is 8.28. The molecule has 1 heterocycles. The fourth-order valence-electron chi connectivity index (χ4n) is 2.75. The summed E-state index contributed by atoms with van der Waals surface area (Å²) >= 11 is 0. The van der Waals surface area contributed by atoms with Crippen molar-refractivity contribution in [3.05, 3.63) is 18.1 Å². The molecule has 2 N–H and O–H groups in total. The Labute approximate surface area is 103 Å². The zero-order valence-corrected chi connectivity index (χ0v) is 10.6. The second-order valence-corrected chi connectivity index (χ2v) is 5.01. The van der Waals surface area contributed by atoms with E-state index in [1.54, 1.807) is 19.5 Å². The molecular weight excluding hydrogens is 214 g/mol. The van der Waals surface area contributed by atoms with Crippen LogP contribution in [0.4, 0.5) is 0 Å². The SMILES string of the molecule is COc1nccnc1C(N)C1CCCC(C)C1. The van der Waals surface area contributed by atoms with Crippen LogP contribution in [0.1, 0.15) is 44.3 Å². The Morgan fingerprint density at radius 3 is 2.82 bits per heavy atom. The molecular formula is C13H21N3O. The Balaban J connectivity index is 2.15. The Morgan fingerprint density at radius 2 is 2.12 bits per heavy atom. The summed E-state index contributed by atoms with van der Waals surface area (Å²) in [6.45, 7) is 2.30. The Morgan fingerprint density at radius 1 is 1.35 bits per heavy atom.